The van der Waals surface area contributed by atoms with E-state index in [1.54, 1.807) is 35.9 Å². The molecule has 41 heavy (non-hydrogen) atoms. The van der Waals surface area contributed by atoms with Crippen LogP contribution in [0.3, 0.4) is 0 Å². The summed E-state index contributed by atoms with van der Waals surface area (Å²) in [6, 6.07) is 4.93. The average Bonchev–Trinajstić information content (AvgIpc) is 3.92. The molecule has 2 atom stereocenters. The molecule has 7 rings (SSSR count). The van der Waals surface area contributed by atoms with Gasteiger partial charge in [0, 0.05) is 42.9 Å². The van der Waals surface area contributed by atoms with E-state index in [-0.39, 0.29) is 18.1 Å². The number of aromatic nitrogens is 3. The molecule has 216 valence electrons. The Morgan fingerprint density at radius 1 is 1.12 bits per heavy atom. The summed E-state index contributed by atoms with van der Waals surface area (Å²) in [6.07, 6.45) is 11.2. The molecule has 7 nitrogen and oxygen atoms in total. The first-order valence-corrected chi connectivity index (χ1v) is 16.1. The number of halogens is 2. The van der Waals surface area contributed by atoms with Gasteiger partial charge in [-0.25, -0.2) is 19.3 Å². The van der Waals surface area contributed by atoms with E-state index in [9.17, 15) is 9.18 Å². The zero-order valence-corrected chi connectivity index (χ0v) is 24.7. The summed E-state index contributed by atoms with van der Waals surface area (Å²) < 4.78 is 20.8. The normalized spacial score (nSPS) is 22.5. The summed E-state index contributed by atoms with van der Waals surface area (Å²) in [5, 5.41) is 1.79. The molecule has 2 unspecified atom stereocenters. The van der Waals surface area contributed by atoms with Crippen molar-refractivity contribution in [1.29, 1.82) is 0 Å². The molecule has 0 bridgehead atoms. The maximum absolute atomic E-state index is 14.9. The average molecular weight is 596 g/mol. The molecular weight excluding hydrogens is 561 g/mol. The van der Waals surface area contributed by atoms with Crippen molar-refractivity contribution in [3.8, 4) is 5.75 Å². The number of anilines is 1. The van der Waals surface area contributed by atoms with Gasteiger partial charge < -0.3 is 14.5 Å². The molecule has 1 saturated heterocycles. The van der Waals surface area contributed by atoms with Crippen LogP contribution in [0.5, 0.6) is 5.75 Å². The zero-order chi connectivity index (χ0) is 27.9. The van der Waals surface area contributed by atoms with E-state index in [0.29, 0.717) is 47.9 Å². The number of amides is 1. The number of fused-ring (bicyclic) bond motifs is 1. The van der Waals surface area contributed by atoms with E-state index in [0.717, 1.165) is 62.3 Å². The second kappa shape index (κ2) is 11.5. The largest absolute Gasteiger partial charge is 0.493 e. The fraction of sp³-hybridized carbons (Fsp3) is 0.548. The lowest BCUT2D eigenvalue weighted by molar-refractivity contribution is -0.131. The number of piperidine rings is 1. The first kappa shape index (κ1) is 27.1. The molecule has 1 amide bonds. The van der Waals surface area contributed by atoms with Crippen LogP contribution in [0.1, 0.15) is 65.6 Å². The quantitative estimate of drug-likeness (QED) is 0.300. The first-order chi connectivity index (χ1) is 20.0. The van der Waals surface area contributed by atoms with Crippen molar-refractivity contribution in [2.45, 2.75) is 63.8 Å². The van der Waals surface area contributed by atoms with Crippen molar-refractivity contribution in [2.24, 2.45) is 17.8 Å². The molecule has 3 aromatic rings. The molecule has 10 heteroatoms. The minimum absolute atomic E-state index is 0.0316. The molecular formula is C31H35ClFN5O2S. The van der Waals surface area contributed by atoms with E-state index in [4.69, 9.17) is 21.3 Å². The molecule has 4 aliphatic rings. The van der Waals surface area contributed by atoms with Crippen molar-refractivity contribution in [1.82, 2.24) is 19.9 Å². The third kappa shape index (κ3) is 6.21. The number of nitrogens with zero attached hydrogens (tertiary/aromatic N) is 5. The topological polar surface area (TPSA) is 71.5 Å². The zero-order valence-electron chi connectivity index (χ0n) is 23.1. The van der Waals surface area contributed by atoms with Crippen LogP contribution >= 0.6 is 22.9 Å². The Balaban J connectivity index is 0.840. The van der Waals surface area contributed by atoms with Gasteiger partial charge in [-0.3, -0.25) is 4.79 Å². The van der Waals surface area contributed by atoms with Crippen molar-refractivity contribution >= 4 is 34.8 Å². The highest BCUT2D eigenvalue weighted by atomic mass is 35.5. The predicted molar refractivity (Wildman–Crippen MR) is 157 cm³/mol. The summed E-state index contributed by atoms with van der Waals surface area (Å²) in [5.74, 6) is 3.71. The smallest absolute Gasteiger partial charge is 0.227 e. The van der Waals surface area contributed by atoms with Crippen molar-refractivity contribution in [3.63, 3.8) is 0 Å². The Hall–Kier alpha value is -2.78. The highest BCUT2D eigenvalue weighted by molar-refractivity contribution is 7.11. The van der Waals surface area contributed by atoms with Crippen LogP contribution in [-0.2, 0) is 24.2 Å². The number of carbonyl (C=O) groups excluding carboxylic acids is 1. The van der Waals surface area contributed by atoms with E-state index in [2.05, 4.69) is 14.9 Å². The van der Waals surface area contributed by atoms with Gasteiger partial charge in [0.25, 0.3) is 0 Å². The number of hydrogen-bond acceptors (Lipinski definition) is 7. The lowest BCUT2D eigenvalue weighted by Gasteiger charge is -2.32. The van der Waals surface area contributed by atoms with E-state index < -0.39 is 0 Å². The maximum Gasteiger partial charge on any atom is 0.227 e. The van der Waals surface area contributed by atoms with Crippen molar-refractivity contribution < 1.29 is 13.9 Å². The summed E-state index contributed by atoms with van der Waals surface area (Å²) >= 11 is 7.67. The third-order valence-corrected chi connectivity index (χ3v) is 10.6. The molecule has 0 spiro atoms. The molecule has 2 aliphatic carbocycles. The minimum atomic E-state index is -0.372. The van der Waals surface area contributed by atoms with E-state index >= 15 is 0 Å². The van der Waals surface area contributed by atoms with Crippen LogP contribution in [0.4, 0.5) is 10.3 Å². The summed E-state index contributed by atoms with van der Waals surface area (Å²) in [5.41, 5.74) is 1.58. The molecule has 2 aromatic heterocycles. The fourth-order valence-corrected chi connectivity index (χ4v) is 7.87. The number of hydrogen-bond donors (Lipinski definition) is 0. The number of thiazole rings is 1. The fourth-order valence-electron chi connectivity index (χ4n) is 6.47. The summed E-state index contributed by atoms with van der Waals surface area (Å²) in [4.78, 5) is 31.8. The van der Waals surface area contributed by atoms with Crippen LogP contribution < -0.4 is 9.64 Å². The van der Waals surface area contributed by atoms with E-state index in [1.807, 2.05) is 4.90 Å². The van der Waals surface area contributed by atoms with Crippen LogP contribution in [0.15, 0.2) is 30.6 Å². The Morgan fingerprint density at radius 3 is 2.68 bits per heavy atom. The maximum atomic E-state index is 14.9. The van der Waals surface area contributed by atoms with Crippen molar-refractivity contribution in [3.05, 3.63) is 62.6 Å². The molecule has 4 heterocycles. The third-order valence-electron chi connectivity index (χ3n) is 9.16. The van der Waals surface area contributed by atoms with Crippen LogP contribution in [0, 0.1) is 23.6 Å². The monoisotopic (exact) mass is 595 g/mol. The van der Waals surface area contributed by atoms with Gasteiger partial charge in [-0.15, -0.1) is 11.3 Å². The highest BCUT2D eigenvalue weighted by Gasteiger charge is 2.43. The highest BCUT2D eigenvalue weighted by Crippen LogP contribution is 2.50. The van der Waals surface area contributed by atoms with Gasteiger partial charge in [0.15, 0.2) is 0 Å². The van der Waals surface area contributed by atoms with Gasteiger partial charge in [-0.2, -0.15) is 0 Å². The van der Waals surface area contributed by atoms with Gasteiger partial charge in [-0.05, 0) is 67.9 Å². The summed E-state index contributed by atoms with van der Waals surface area (Å²) in [7, 11) is 0. The molecule has 0 N–H and O–H groups in total. The van der Waals surface area contributed by atoms with Gasteiger partial charge in [-0.1, -0.05) is 17.7 Å². The van der Waals surface area contributed by atoms with E-state index in [1.165, 1.54) is 35.2 Å². The van der Waals surface area contributed by atoms with Crippen molar-refractivity contribution in [2.75, 3.05) is 31.1 Å². The second-order valence-corrected chi connectivity index (χ2v) is 13.6. The second-order valence-electron chi connectivity index (χ2n) is 12.0. The minimum Gasteiger partial charge on any atom is -0.493 e. The Labute approximate surface area is 249 Å². The lowest BCUT2D eigenvalue weighted by Crippen LogP contribution is -2.36. The first-order valence-electron chi connectivity index (χ1n) is 14.9. The molecule has 3 fully saturated rings. The van der Waals surface area contributed by atoms with Gasteiger partial charge >= 0.3 is 0 Å². The molecule has 1 aromatic carbocycles. The molecule has 0 radical (unpaired) electrons. The summed E-state index contributed by atoms with van der Waals surface area (Å²) in [6.45, 7) is 3.79. The molecule has 2 aliphatic heterocycles. The Bertz CT molecular complexity index is 1410. The Kier molecular flexibility index (Phi) is 7.58. The number of carbonyl (C=O) groups is 1. The lowest BCUT2D eigenvalue weighted by atomic mass is 9.90. The van der Waals surface area contributed by atoms with Gasteiger partial charge in [0.2, 0.25) is 11.9 Å². The standard InChI is InChI=1S/C31H35ClFN5O2S/c32-23-16-34-31(35-17-23)37-9-5-19(6-10-37)25-13-21(25)8-12-40-24-4-3-22(26(33)15-24)14-29(39)38-11-7-27-28(18-38)41-30(36-27)20-1-2-20/h3-4,15-17,19-21,25H,1-2,5-14,18H2. The number of rotatable bonds is 9. The van der Waals surface area contributed by atoms with Gasteiger partial charge in [0.05, 0.1) is 47.7 Å². The van der Waals surface area contributed by atoms with Crippen LogP contribution in [0.2, 0.25) is 5.02 Å². The number of benzene rings is 1. The molecule has 2 saturated carbocycles. The predicted octanol–water partition coefficient (Wildman–Crippen LogP) is 6.05. The SMILES string of the molecule is O=C(Cc1ccc(OCCC2CC2C2CCN(c3ncc(Cl)cn3)CC2)cc1F)N1CCc2nc(C3CC3)sc2C1. The van der Waals surface area contributed by atoms with Gasteiger partial charge in [0.1, 0.15) is 11.6 Å². The van der Waals surface area contributed by atoms with Crippen LogP contribution in [-0.4, -0.2) is 52.0 Å². The van der Waals surface area contributed by atoms with Crippen LogP contribution in [0.25, 0.3) is 0 Å². The number of ether oxygens (including phenoxy) is 1. The Morgan fingerprint density at radius 2 is 1.93 bits per heavy atom.